The second-order valence-electron chi connectivity index (χ2n) is 1.97. The summed E-state index contributed by atoms with van der Waals surface area (Å²) < 4.78 is 0.759. The molecule has 1 heterocycles. The van der Waals surface area contributed by atoms with Gasteiger partial charge in [0.25, 0.3) is 5.56 Å². The minimum absolute atomic E-state index is 0.402. The van der Waals surface area contributed by atoms with E-state index >= 15 is 0 Å². The topological polar surface area (TPSA) is 51.4 Å². The average Bonchev–Trinajstić information content (AvgIpc) is 1.94. The Morgan fingerprint density at radius 3 is 2.70 bits per heavy atom. The van der Waals surface area contributed by atoms with Crippen LogP contribution in [0.2, 0.25) is 0 Å². The van der Waals surface area contributed by atoms with Gasteiger partial charge in [-0.15, -0.1) is 4.91 Å². The standard InChI is InChI=1S/C6H6N2O2/c1-5-2-3-6(9)8(4-5)7-10/h2-4H,1H3. The van der Waals surface area contributed by atoms with Gasteiger partial charge in [-0.05, 0) is 12.5 Å². The van der Waals surface area contributed by atoms with E-state index in [0.29, 0.717) is 0 Å². The van der Waals surface area contributed by atoms with Crippen molar-refractivity contribution >= 4 is 0 Å². The van der Waals surface area contributed by atoms with Gasteiger partial charge in [-0.1, -0.05) is 6.07 Å². The third kappa shape index (κ3) is 1.10. The second kappa shape index (κ2) is 2.43. The number of rotatable bonds is 1. The lowest BCUT2D eigenvalue weighted by Gasteiger charge is -1.91. The Bertz CT molecular complexity index is 303. The van der Waals surface area contributed by atoms with Gasteiger partial charge in [0.2, 0.25) is 0 Å². The van der Waals surface area contributed by atoms with Crippen molar-refractivity contribution in [3.63, 3.8) is 0 Å². The van der Waals surface area contributed by atoms with Crippen molar-refractivity contribution in [1.29, 1.82) is 0 Å². The highest BCUT2D eigenvalue weighted by Gasteiger charge is 1.91. The molecule has 0 aliphatic rings. The van der Waals surface area contributed by atoms with Crippen LogP contribution in [-0.2, 0) is 0 Å². The number of nitroso groups, excluding NO2 is 1. The third-order valence-corrected chi connectivity index (χ3v) is 1.13. The number of aryl methyl sites for hydroxylation is 1. The van der Waals surface area contributed by atoms with Crippen LogP contribution in [0.5, 0.6) is 0 Å². The maximum atomic E-state index is 10.7. The van der Waals surface area contributed by atoms with Crippen molar-refractivity contribution in [2.24, 2.45) is 5.29 Å². The van der Waals surface area contributed by atoms with E-state index in [1.807, 2.05) is 0 Å². The Balaban J connectivity index is 3.35. The van der Waals surface area contributed by atoms with Gasteiger partial charge in [-0.3, -0.25) is 4.79 Å². The minimum Gasteiger partial charge on any atom is -0.267 e. The summed E-state index contributed by atoms with van der Waals surface area (Å²) in [6.07, 6.45) is 1.38. The molecular formula is C6H6N2O2. The first-order valence-corrected chi connectivity index (χ1v) is 2.77. The largest absolute Gasteiger partial charge is 0.273 e. The minimum atomic E-state index is -0.402. The Labute approximate surface area is 57.1 Å². The first-order chi connectivity index (χ1) is 4.74. The summed E-state index contributed by atoms with van der Waals surface area (Å²) in [5, 5.41) is 2.49. The van der Waals surface area contributed by atoms with Crippen LogP contribution in [-0.4, -0.2) is 4.68 Å². The molecule has 4 heteroatoms. The maximum Gasteiger partial charge on any atom is 0.273 e. The van der Waals surface area contributed by atoms with Gasteiger partial charge in [-0.2, -0.15) is 4.68 Å². The molecule has 1 aromatic heterocycles. The molecule has 1 aromatic rings. The molecule has 0 atom stereocenters. The van der Waals surface area contributed by atoms with Crippen molar-refractivity contribution in [1.82, 2.24) is 4.68 Å². The predicted octanol–water partition coefficient (Wildman–Crippen LogP) is 0.686. The fraction of sp³-hybridized carbons (Fsp3) is 0.167. The molecule has 52 valence electrons. The number of hydrogen-bond donors (Lipinski definition) is 0. The van der Waals surface area contributed by atoms with E-state index in [1.54, 1.807) is 13.0 Å². The van der Waals surface area contributed by atoms with Gasteiger partial charge in [-0.25, -0.2) is 0 Å². The average molecular weight is 138 g/mol. The summed E-state index contributed by atoms with van der Waals surface area (Å²) in [6.45, 7) is 1.78. The molecule has 4 nitrogen and oxygen atoms in total. The van der Waals surface area contributed by atoms with E-state index in [4.69, 9.17) is 0 Å². The van der Waals surface area contributed by atoms with Crippen LogP contribution in [0.15, 0.2) is 28.4 Å². The molecule has 0 N–H and O–H groups in total. The van der Waals surface area contributed by atoms with Crippen molar-refractivity contribution in [3.8, 4) is 0 Å². The normalized spacial score (nSPS) is 9.30. The third-order valence-electron chi connectivity index (χ3n) is 1.13. The highest BCUT2D eigenvalue weighted by Crippen LogP contribution is 1.90. The SMILES string of the molecule is Cc1ccc(=O)n(N=O)c1. The molecule has 0 aromatic carbocycles. The van der Waals surface area contributed by atoms with Crippen LogP contribution < -0.4 is 5.56 Å². The molecular weight excluding hydrogens is 132 g/mol. The Morgan fingerprint density at radius 1 is 1.50 bits per heavy atom. The summed E-state index contributed by atoms with van der Waals surface area (Å²) >= 11 is 0. The molecule has 10 heavy (non-hydrogen) atoms. The van der Waals surface area contributed by atoms with Crippen molar-refractivity contribution in [2.45, 2.75) is 6.92 Å². The molecule has 0 saturated carbocycles. The number of nitrogens with zero attached hydrogens (tertiary/aromatic N) is 2. The number of aromatic nitrogens is 1. The predicted molar refractivity (Wildman–Crippen MR) is 36.6 cm³/mol. The molecule has 1 rings (SSSR count). The summed E-state index contributed by atoms with van der Waals surface area (Å²) in [5.41, 5.74) is 0.430. The molecule has 0 fully saturated rings. The number of hydrogen-bond acceptors (Lipinski definition) is 3. The van der Waals surface area contributed by atoms with Crippen molar-refractivity contribution < 1.29 is 0 Å². The van der Waals surface area contributed by atoms with E-state index in [9.17, 15) is 9.70 Å². The fourth-order valence-corrected chi connectivity index (χ4v) is 0.642. The van der Waals surface area contributed by atoms with Crippen LogP contribution in [0.3, 0.4) is 0 Å². The lowest BCUT2D eigenvalue weighted by molar-refractivity contribution is 0.811. The zero-order chi connectivity index (χ0) is 7.56. The monoisotopic (exact) mass is 138 g/mol. The van der Waals surface area contributed by atoms with Crippen LogP contribution >= 0.6 is 0 Å². The zero-order valence-corrected chi connectivity index (χ0v) is 5.44. The molecule has 0 unspecified atom stereocenters. The zero-order valence-electron chi connectivity index (χ0n) is 5.44. The van der Waals surface area contributed by atoms with E-state index in [0.717, 1.165) is 10.2 Å². The fourth-order valence-electron chi connectivity index (χ4n) is 0.642. The van der Waals surface area contributed by atoms with E-state index in [-0.39, 0.29) is 0 Å². The van der Waals surface area contributed by atoms with Gasteiger partial charge in [0.15, 0.2) is 0 Å². The molecule has 0 aliphatic heterocycles. The summed E-state index contributed by atoms with van der Waals surface area (Å²) in [7, 11) is 0. The van der Waals surface area contributed by atoms with Crippen LogP contribution in [0, 0.1) is 11.8 Å². The lowest BCUT2D eigenvalue weighted by atomic mass is 10.3. The van der Waals surface area contributed by atoms with Crippen molar-refractivity contribution in [2.75, 3.05) is 0 Å². The van der Waals surface area contributed by atoms with E-state index in [1.165, 1.54) is 12.3 Å². The smallest absolute Gasteiger partial charge is 0.267 e. The summed E-state index contributed by atoms with van der Waals surface area (Å²) in [4.78, 5) is 20.6. The molecule has 0 bridgehead atoms. The van der Waals surface area contributed by atoms with Gasteiger partial charge in [0.1, 0.15) is 0 Å². The molecule has 0 aliphatic carbocycles. The van der Waals surface area contributed by atoms with Gasteiger partial charge in [0.05, 0.1) is 5.29 Å². The Morgan fingerprint density at radius 2 is 2.20 bits per heavy atom. The van der Waals surface area contributed by atoms with Crippen LogP contribution in [0.25, 0.3) is 0 Å². The highest BCUT2D eigenvalue weighted by atomic mass is 16.3. The van der Waals surface area contributed by atoms with E-state index in [2.05, 4.69) is 5.29 Å². The molecule has 0 amide bonds. The molecule has 0 saturated heterocycles. The lowest BCUT2D eigenvalue weighted by Crippen LogP contribution is -2.13. The van der Waals surface area contributed by atoms with Gasteiger partial charge >= 0.3 is 0 Å². The maximum absolute atomic E-state index is 10.7. The van der Waals surface area contributed by atoms with Crippen LogP contribution in [0.4, 0.5) is 0 Å². The van der Waals surface area contributed by atoms with Crippen LogP contribution in [0.1, 0.15) is 5.56 Å². The first-order valence-electron chi connectivity index (χ1n) is 2.77. The summed E-state index contributed by atoms with van der Waals surface area (Å²) in [5.74, 6) is 0. The first kappa shape index (κ1) is 6.67. The Hall–Kier alpha value is -1.45. The summed E-state index contributed by atoms with van der Waals surface area (Å²) in [6, 6.07) is 2.93. The van der Waals surface area contributed by atoms with Gasteiger partial charge in [0, 0.05) is 12.3 Å². The second-order valence-corrected chi connectivity index (χ2v) is 1.97. The quantitative estimate of drug-likeness (QED) is 0.536. The van der Waals surface area contributed by atoms with Crippen molar-refractivity contribution in [3.05, 3.63) is 39.2 Å². The highest BCUT2D eigenvalue weighted by molar-refractivity contribution is 5.06. The Kier molecular flexibility index (Phi) is 1.62. The molecule has 0 spiro atoms. The van der Waals surface area contributed by atoms with Gasteiger partial charge < -0.3 is 0 Å². The molecule has 0 radical (unpaired) electrons. The van der Waals surface area contributed by atoms with E-state index < -0.39 is 5.56 Å². The number of pyridine rings is 1.